The molecule has 3 fully saturated rings. The molecule has 0 saturated heterocycles. The highest BCUT2D eigenvalue weighted by atomic mass is 19.2. The van der Waals surface area contributed by atoms with Crippen LogP contribution in [0.25, 0.3) is 0 Å². The van der Waals surface area contributed by atoms with Gasteiger partial charge in [0.1, 0.15) is 11.5 Å². The summed E-state index contributed by atoms with van der Waals surface area (Å²) in [6.45, 7) is 6.41. The Bertz CT molecular complexity index is 1810. The Hall–Kier alpha value is -3.76. The van der Waals surface area contributed by atoms with E-state index in [9.17, 15) is 28.6 Å². The molecule has 0 heterocycles. The third-order valence-electron chi connectivity index (χ3n) is 14.0. The summed E-state index contributed by atoms with van der Waals surface area (Å²) in [4.78, 5) is 29.8. The molecule has 8 rings (SSSR count). The van der Waals surface area contributed by atoms with E-state index in [0.717, 1.165) is 24.1 Å². The zero-order valence-electron chi connectivity index (χ0n) is 30.1. The van der Waals surface area contributed by atoms with E-state index in [1.165, 1.54) is 6.07 Å². The van der Waals surface area contributed by atoms with Crippen molar-refractivity contribution in [3.63, 3.8) is 0 Å². The Kier molecular flexibility index (Phi) is 8.69. The minimum absolute atomic E-state index is 0.00203. The van der Waals surface area contributed by atoms with Gasteiger partial charge in [-0.25, -0.2) is 13.6 Å². The van der Waals surface area contributed by atoms with Crippen molar-refractivity contribution in [3.8, 4) is 11.5 Å². The molecule has 2 aromatic rings. The molecule has 0 aliphatic heterocycles. The first-order valence-corrected chi connectivity index (χ1v) is 18.2. The molecule has 6 aliphatic rings. The summed E-state index contributed by atoms with van der Waals surface area (Å²) >= 11 is 0. The van der Waals surface area contributed by atoms with E-state index in [1.54, 1.807) is 38.2 Å². The van der Waals surface area contributed by atoms with Gasteiger partial charge in [-0.15, -0.1) is 0 Å². The summed E-state index contributed by atoms with van der Waals surface area (Å²) in [5.74, 6) is -1.50. The summed E-state index contributed by atoms with van der Waals surface area (Å²) < 4.78 is 45.2. The number of benzene rings is 2. The highest BCUT2D eigenvalue weighted by Crippen LogP contribution is 2.78. The van der Waals surface area contributed by atoms with E-state index in [1.807, 2.05) is 12.1 Å². The fourth-order valence-corrected chi connectivity index (χ4v) is 11.3. The number of fused-ring (bicyclic) bond motifs is 1. The summed E-state index contributed by atoms with van der Waals surface area (Å²) in [7, 11) is 3.12. The van der Waals surface area contributed by atoms with Gasteiger partial charge in [0.15, 0.2) is 17.4 Å². The number of aliphatic hydroxyl groups is 2. The molecule has 0 aromatic heterocycles. The smallest absolute Gasteiger partial charge is 0.410 e. The molecule has 274 valence electrons. The predicted molar refractivity (Wildman–Crippen MR) is 186 cm³/mol. The number of halogens is 2. The topological polar surface area (TPSA) is 106 Å². The molecule has 51 heavy (non-hydrogen) atoms. The molecule has 2 N–H and O–H groups in total. The van der Waals surface area contributed by atoms with Crippen LogP contribution in [0.1, 0.15) is 81.6 Å². The normalized spacial score (nSPS) is 36.0. The second-order valence-corrected chi connectivity index (χ2v) is 16.0. The van der Waals surface area contributed by atoms with Crippen LogP contribution in [0.4, 0.5) is 13.6 Å². The van der Waals surface area contributed by atoms with E-state index in [4.69, 9.17) is 14.2 Å². The maximum atomic E-state index is 14.7. The lowest BCUT2D eigenvalue weighted by Gasteiger charge is -2.71. The van der Waals surface area contributed by atoms with Crippen LogP contribution in [0.5, 0.6) is 11.5 Å². The van der Waals surface area contributed by atoms with Gasteiger partial charge < -0.3 is 29.3 Å². The predicted octanol–water partition coefficient (Wildman–Crippen LogP) is 7.41. The minimum Gasteiger partial charge on any atom is -0.497 e. The zero-order valence-corrected chi connectivity index (χ0v) is 30.1. The molecule has 3 saturated carbocycles. The van der Waals surface area contributed by atoms with Gasteiger partial charge in [-0.05, 0) is 99.5 Å². The summed E-state index contributed by atoms with van der Waals surface area (Å²) in [5, 5.41) is 23.9. The van der Waals surface area contributed by atoms with Gasteiger partial charge in [-0.2, -0.15) is 0 Å². The van der Waals surface area contributed by atoms with Crippen molar-refractivity contribution in [1.29, 1.82) is 0 Å². The lowest BCUT2D eigenvalue weighted by Crippen LogP contribution is -2.67. The van der Waals surface area contributed by atoms with Crippen molar-refractivity contribution in [2.45, 2.75) is 84.0 Å². The molecule has 6 aliphatic carbocycles. The number of aliphatic hydroxyl groups excluding tert-OH is 1. The average molecular weight is 706 g/mol. The van der Waals surface area contributed by atoms with Crippen molar-refractivity contribution in [1.82, 2.24) is 4.90 Å². The Morgan fingerprint density at radius 1 is 0.922 bits per heavy atom. The maximum absolute atomic E-state index is 14.7. The molecule has 2 spiro atoms. The van der Waals surface area contributed by atoms with Gasteiger partial charge in [-0.1, -0.05) is 32.1 Å². The molecule has 8 unspecified atom stereocenters. The number of amides is 1. The second kappa shape index (κ2) is 12.4. The number of nitrogens with zero attached hydrogens (tertiary/aromatic N) is 1. The number of ether oxygens (including phenoxy) is 3. The zero-order chi connectivity index (χ0) is 36.6. The Labute approximate surface area is 298 Å². The van der Waals surface area contributed by atoms with Crippen LogP contribution in [0.2, 0.25) is 0 Å². The third-order valence-corrected chi connectivity index (χ3v) is 14.0. The highest BCUT2D eigenvalue weighted by molar-refractivity contribution is 6.10. The molecular weight excluding hydrogens is 656 g/mol. The maximum Gasteiger partial charge on any atom is 0.410 e. The van der Waals surface area contributed by atoms with Crippen LogP contribution in [0.3, 0.4) is 0 Å². The summed E-state index contributed by atoms with van der Waals surface area (Å²) in [5.41, 5.74) is -2.37. The Morgan fingerprint density at radius 3 is 2.35 bits per heavy atom. The fourth-order valence-electron chi connectivity index (χ4n) is 11.3. The highest BCUT2D eigenvalue weighted by Gasteiger charge is 2.74. The van der Waals surface area contributed by atoms with Crippen LogP contribution in [0.15, 0.2) is 60.2 Å². The minimum atomic E-state index is -1.34. The SMILES string of the molecule is CCOC(=O)N(Cc1ccc(OC)cc1OC)CC1(O)CCC2C34C=CC5(C=C3C(=O)c3ccc(F)c(F)c3)CC(O)CCC5(C)C4CCC21C. The Balaban J connectivity index is 1.30. The number of carbonyl (C=O) groups excluding carboxylic acids is 2. The van der Waals surface area contributed by atoms with E-state index >= 15 is 0 Å². The molecule has 0 radical (unpaired) electrons. The monoisotopic (exact) mass is 705 g/mol. The molecule has 1 amide bonds. The third kappa shape index (κ3) is 5.10. The van der Waals surface area contributed by atoms with Crippen LogP contribution >= 0.6 is 0 Å². The van der Waals surface area contributed by atoms with Gasteiger partial charge in [0.05, 0.1) is 45.6 Å². The van der Waals surface area contributed by atoms with Crippen molar-refractivity contribution in [3.05, 3.63) is 83.0 Å². The molecule has 8 atom stereocenters. The number of methoxy groups -OCH3 is 2. The van der Waals surface area contributed by atoms with Crippen molar-refractivity contribution < 1.29 is 42.8 Å². The number of hydrogen-bond acceptors (Lipinski definition) is 7. The fraction of sp³-hybridized carbons (Fsp3) is 0.561. The van der Waals surface area contributed by atoms with Crippen molar-refractivity contribution in [2.24, 2.45) is 33.5 Å². The van der Waals surface area contributed by atoms with Gasteiger partial charge in [0.2, 0.25) is 0 Å². The van der Waals surface area contributed by atoms with Crippen LogP contribution in [0, 0.1) is 45.1 Å². The van der Waals surface area contributed by atoms with Crippen LogP contribution < -0.4 is 9.47 Å². The molecule has 8 nitrogen and oxygen atoms in total. The Morgan fingerprint density at radius 2 is 1.65 bits per heavy atom. The summed E-state index contributed by atoms with van der Waals surface area (Å²) in [6.07, 6.45) is 9.61. The first kappa shape index (κ1) is 35.6. The number of carbonyl (C=O) groups is 2. The number of Topliss-reactive ketones (excluding diaryl/α,β-unsaturated/α-hetero) is 1. The first-order valence-electron chi connectivity index (χ1n) is 18.2. The molecule has 2 aromatic carbocycles. The molecule has 2 bridgehead atoms. The van der Waals surface area contributed by atoms with Gasteiger partial charge in [0, 0.05) is 39.0 Å². The number of ketones is 1. The second-order valence-electron chi connectivity index (χ2n) is 16.0. The van der Waals surface area contributed by atoms with E-state index in [-0.39, 0.29) is 48.3 Å². The van der Waals surface area contributed by atoms with E-state index in [0.29, 0.717) is 55.6 Å². The van der Waals surface area contributed by atoms with Crippen molar-refractivity contribution in [2.75, 3.05) is 27.4 Å². The number of allylic oxidation sites excluding steroid dienone is 4. The lowest BCUT2D eigenvalue weighted by atomic mass is 9.32. The lowest BCUT2D eigenvalue weighted by molar-refractivity contribution is -0.175. The largest absolute Gasteiger partial charge is 0.497 e. The van der Waals surface area contributed by atoms with Crippen LogP contribution in [-0.2, 0) is 11.3 Å². The quantitative estimate of drug-likeness (QED) is 0.207. The number of rotatable bonds is 9. The number of hydrogen-bond donors (Lipinski definition) is 2. The van der Waals surface area contributed by atoms with E-state index in [2.05, 4.69) is 26.0 Å². The van der Waals surface area contributed by atoms with Gasteiger partial charge in [0.25, 0.3) is 0 Å². The average Bonchev–Trinajstić information content (AvgIpc) is 3.38. The van der Waals surface area contributed by atoms with Crippen LogP contribution in [-0.4, -0.2) is 66.1 Å². The first-order chi connectivity index (χ1) is 24.2. The molecule has 10 heteroatoms. The van der Waals surface area contributed by atoms with Crippen molar-refractivity contribution >= 4 is 11.9 Å². The standard InChI is InChI=1S/C41H49F2NO7/c1-6-51-36(47)44(23-26-7-9-28(49-4)20-32(26)50-5)24-40(48)16-13-34-38(40,3)15-12-33-37(2)14-11-27(45)21-39(37)17-18-41(33,34)29(22-39)35(46)25-8-10-30(42)31(43)19-25/h7-10,17-20,22,27,33-34,45,48H,6,11-16,21,23-24H2,1-5H3. The van der Waals surface area contributed by atoms with Gasteiger partial charge in [-0.3, -0.25) is 4.79 Å². The van der Waals surface area contributed by atoms with Gasteiger partial charge >= 0.3 is 6.09 Å². The van der Waals surface area contributed by atoms with E-state index < -0.39 is 45.7 Å². The summed E-state index contributed by atoms with van der Waals surface area (Å²) in [6, 6.07) is 8.68. The molecular formula is C41H49F2NO7.